The summed E-state index contributed by atoms with van der Waals surface area (Å²) in [5.41, 5.74) is 2.12. The Morgan fingerprint density at radius 1 is 1.33 bits per heavy atom. The summed E-state index contributed by atoms with van der Waals surface area (Å²) in [5.74, 6) is -0.0494. The second-order valence-electron chi connectivity index (χ2n) is 5.11. The summed E-state index contributed by atoms with van der Waals surface area (Å²) in [5, 5.41) is 2.81. The lowest BCUT2D eigenvalue weighted by molar-refractivity contribution is -0.129. The molecule has 0 radical (unpaired) electrons. The number of carbonyl (C=O) groups is 2. The van der Waals surface area contributed by atoms with Gasteiger partial charge < -0.3 is 15.0 Å². The normalized spacial score (nSPS) is 18.7. The molecule has 0 aliphatic carbocycles. The van der Waals surface area contributed by atoms with Gasteiger partial charge in [0, 0.05) is 18.7 Å². The molecule has 1 aromatic rings. The van der Waals surface area contributed by atoms with Crippen LogP contribution in [0.4, 0.5) is 5.69 Å². The van der Waals surface area contributed by atoms with E-state index in [4.69, 9.17) is 4.74 Å². The van der Waals surface area contributed by atoms with Crippen LogP contribution in [0.3, 0.4) is 0 Å². The Morgan fingerprint density at radius 3 is 2.67 bits per heavy atom. The molecule has 0 bridgehead atoms. The first-order valence-electron chi connectivity index (χ1n) is 7.41. The molecule has 1 aliphatic rings. The highest BCUT2D eigenvalue weighted by Gasteiger charge is 2.27. The van der Waals surface area contributed by atoms with Crippen LogP contribution < -0.4 is 10.2 Å². The van der Waals surface area contributed by atoms with Crippen molar-refractivity contribution in [1.82, 2.24) is 5.32 Å². The van der Waals surface area contributed by atoms with Crippen LogP contribution in [0.2, 0.25) is 0 Å². The Kier molecular flexibility index (Phi) is 5.33. The van der Waals surface area contributed by atoms with Crippen molar-refractivity contribution in [2.45, 2.75) is 32.8 Å². The van der Waals surface area contributed by atoms with Gasteiger partial charge in [-0.05, 0) is 24.1 Å². The Hall–Kier alpha value is -1.88. The molecule has 1 N–H and O–H groups in total. The third-order valence-electron chi connectivity index (χ3n) is 3.63. The maximum absolute atomic E-state index is 12.0. The highest BCUT2D eigenvalue weighted by molar-refractivity contribution is 5.95. The number of anilines is 1. The van der Waals surface area contributed by atoms with Gasteiger partial charge in [0.05, 0.1) is 12.6 Å². The molecule has 0 saturated carbocycles. The van der Waals surface area contributed by atoms with Crippen molar-refractivity contribution in [3.63, 3.8) is 0 Å². The van der Waals surface area contributed by atoms with E-state index in [9.17, 15) is 9.59 Å². The number of benzene rings is 1. The number of aryl methyl sites for hydroxylation is 1. The summed E-state index contributed by atoms with van der Waals surface area (Å²) in [4.78, 5) is 25.0. The van der Waals surface area contributed by atoms with Crippen molar-refractivity contribution in [3.8, 4) is 0 Å². The lowest BCUT2D eigenvalue weighted by atomic mass is 10.1. The number of hydrogen-bond donors (Lipinski definition) is 1. The lowest BCUT2D eigenvalue weighted by Crippen LogP contribution is -2.50. The number of ether oxygens (including phenoxy) is 1. The van der Waals surface area contributed by atoms with Crippen LogP contribution in [0.15, 0.2) is 24.3 Å². The smallest absolute Gasteiger partial charge is 0.253 e. The van der Waals surface area contributed by atoms with E-state index in [1.165, 1.54) is 5.56 Å². The summed E-state index contributed by atoms with van der Waals surface area (Å²) >= 11 is 0. The van der Waals surface area contributed by atoms with Crippen molar-refractivity contribution in [2.75, 3.05) is 24.6 Å². The van der Waals surface area contributed by atoms with E-state index in [0.717, 1.165) is 12.1 Å². The van der Waals surface area contributed by atoms with Crippen molar-refractivity contribution in [2.24, 2.45) is 0 Å². The second-order valence-corrected chi connectivity index (χ2v) is 5.11. The summed E-state index contributed by atoms with van der Waals surface area (Å²) in [6.45, 7) is 4.86. The third-order valence-corrected chi connectivity index (χ3v) is 3.63. The van der Waals surface area contributed by atoms with E-state index >= 15 is 0 Å². The van der Waals surface area contributed by atoms with E-state index in [2.05, 4.69) is 12.2 Å². The second kappa shape index (κ2) is 7.22. The monoisotopic (exact) mass is 290 g/mol. The average Bonchev–Trinajstić information content (AvgIpc) is 2.54. The van der Waals surface area contributed by atoms with E-state index < -0.39 is 0 Å². The fourth-order valence-electron chi connectivity index (χ4n) is 2.26. The van der Waals surface area contributed by atoms with Crippen molar-refractivity contribution >= 4 is 17.5 Å². The van der Waals surface area contributed by atoms with E-state index in [1.54, 1.807) is 4.90 Å². The predicted molar refractivity (Wildman–Crippen MR) is 81.2 cm³/mol. The summed E-state index contributed by atoms with van der Waals surface area (Å²) in [6, 6.07) is 7.99. The number of nitrogens with one attached hydrogen (secondary N) is 1. The SMILES string of the molecule is CCC(=O)NCC1CN(c2ccc(CC)cc2)C(=O)CO1. The molecular weight excluding hydrogens is 268 g/mol. The topological polar surface area (TPSA) is 58.6 Å². The molecule has 2 amide bonds. The molecule has 1 unspecified atom stereocenters. The molecule has 114 valence electrons. The van der Waals surface area contributed by atoms with E-state index in [1.807, 2.05) is 31.2 Å². The quantitative estimate of drug-likeness (QED) is 0.894. The van der Waals surface area contributed by atoms with Gasteiger partial charge in [0.2, 0.25) is 5.91 Å². The maximum Gasteiger partial charge on any atom is 0.253 e. The molecule has 1 aromatic carbocycles. The Bertz CT molecular complexity index is 499. The first kappa shape index (κ1) is 15.5. The van der Waals surface area contributed by atoms with Crippen LogP contribution in [-0.2, 0) is 20.7 Å². The molecule has 21 heavy (non-hydrogen) atoms. The zero-order chi connectivity index (χ0) is 15.2. The van der Waals surface area contributed by atoms with Gasteiger partial charge in [-0.3, -0.25) is 9.59 Å². The molecule has 1 aliphatic heterocycles. The maximum atomic E-state index is 12.0. The fraction of sp³-hybridized carbons (Fsp3) is 0.500. The lowest BCUT2D eigenvalue weighted by Gasteiger charge is -2.33. The van der Waals surface area contributed by atoms with Crippen molar-refractivity contribution in [3.05, 3.63) is 29.8 Å². The highest BCUT2D eigenvalue weighted by Crippen LogP contribution is 2.19. The number of amides is 2. The Labute approximate surface area is 125 Å². The fourth-order valence-corrected chi connectivity index (χ4v) is 2.26. The first-order valence-corrected chi connectivity index (χ1v) is 7.41. The molecular formula is C16H22N2O3. The Morgan fingerprint density at radius 2 is 2.05 bits per heavy atom. The molecule has 2 rings (SSSR count). The van der Waals surface area contributed by atoms with E-state index in [-0.39, 0.29) is 24.5 Å². The summed E-state index contributed by atoms with van der Waals surface area (Å²) < 4.78 is 5.48. The molecule has 5 heteroatoms. The van der Waals surface area contributed by atoms with E-state index in [0.29, 0.717) is 19.5 Å². The summed E-state index contributed by atoms with van der Waals surface area (Å²) in [6.07, 6.45) is 1.26. The van der Waals surface area contributed by atoms with Crippen LogP contribution in [0.1, 0.15) is 25.8 Å². The van der Waals surface area contributed by atoms with Crippen LogP contribution >= 0.6 is 0 Å². The van der Waals surface area contributed by atoms with Gasteiger partial charge in [-0.15, -0.1) is 0 Å². The molecule has 1 fully saturated rings. The van der Waals surface area contributed by atoms with Gasteiger partial charge in [-0.1, -0.05) is 26.0 Å². The molecule has 0 spiro atoms. The van der Waals surface area contributed by atoms with Crippen LogP contribution in [0, 0.1) is 0 Å². The largest absolute Gasteiger partial charge is 0.365 e. The predicted octanol–water partition coefficient (Wildman–Crippen LogP) is 1.51. The Balaban J connectivity index is 2.00. The molecule has 1 saturated heterocycles. The van der Waals surface area contributed by atoms with Gasteiger partial charge in [0.1, 0.15) is 6.61 Å². The van der Waals surface area contributed by atoms with Crippen LogP contribution in [0.25, 0.3) is 0 Å². The zero-order valence-electron chi connectivity index (χ0n) is 12.6. The standard InChI is InChI=1S/C16H22N2O3/c1-3-12-5-7-13(8-6-12)18-10-14(21-11-16(18)20)9-17-15(19)4-2/h5-8,14H,3-4,9-11H2,1-2H3,(H,17,19). The van der Waals surface area contributed by atoms with Crippen LogP contribution in [0.5, 0.6) is 0 Å². The number of nitrogens with zero attached hydrogens (tertiary/aromatic N) is 1. The highest BCUT2D eigenvalue weighted by atomic mass is 16.5. The number of hydrogen-bond acceptors (Lipinski definition) is 3. The average molecular weight is 290 g/mol. The molecule has 1 atom stereocenters. The van der Waals surface area contributed by atoms with Gasteiger partial charge in [-0.2, -0.15) is 0 Å². The minimum atomic E-state index is -0.163. The number of carbonyl (C=O) groups excluding carboxylic acids is 2. The minimum Gasteiger partial charge on any atom is -0.365 e. The number of rotatable bonds is 5. The summed E-state index contributed by atoms with van der Waals surface area (Å²) in [7, 11) is 0. The number of morpholine rings is 1. The first-order chi connectivity index (χ1) is 10.1. The van der Waals surface area contributed by atoms with Crippen LogP contribution in [-0.4, -0.2) is 37.6 Å². The molecule has 1 heterocycles. The van der Waals surface area contributed by atoms with Crippen molar-refractivity contribution < 1.29 is 14.3 Å². The van der Waals surface area contributed by atoms with Gasteiger partial charge in [0.25, 0.3) is 5.91 Å². The third kappa shape index (κ3) is 4.04. The minimum absolute atomic E-state index is 0.00523. The van der Waals surface area contributed by atoms with Crippen molar-refractivity contribution in [1.29, 1.82) is 0 Å². The zero-order valence-corrected chi connectivity index (χ0v) is 12.6. The van der Waals surface area contributed by atoms with Gasteiger partial charge >= 0.3 is 0 Å². The van der Waals surface area contributed by atoms with Gasteiger partial charge in [-0.25, -0.2) is 0 Å². The molecule has 5 nitrogen and oxygen atoms in total. The molecule has 0 aromatic heterocycles. The van der Waals surface area contributed by atoms with Gasteiger partial charge in [0.15, 0.2) is 0 Å².